The molecule has 0 bridgehead atoms. The predicted molar refractivity (Wildman–Crippen MR) is 90.1 cm³/mol. The summed E-state index contributed by atoms with van der Waals surface area (Å²) in [6, 6.07) is 1.30. The van der Waals surface area contributed by atoms with Crippen molar-refractivity contribution in [2.45, 2.75) is 33.2 Å². The molecule has 2 N–H and O–H groups in total. The van der Waals surface area contributed by atoms with E-state index in [0.29, 0.717) is 23.7 Å². The smallest absolute Gasteiger partial charge is 0.343 e. The minimum Gasteiger partial charge on any atom is -0.343 e. The molecule has 0 aliphatic rings. The van der Waals surface area contributed by atoms with Gasteiger partial charge in [0.05, 0.1) is 17.9 Å². The van der Waals surface area contributed by atoms with Crippen molar-refractivity contribution in [1.82, 2.24) is 29.9 Å². The second-order valence-corrected chi connectivity index (χ2v) is 6.83. The first-order valence-electron chi connectivity index (χ1n) is 7.62. The summed E-state index contributed by atoms with van der Waals surface area (Å²) in [7, 11) is 0. The molecule has 0 spiro atoms. The number of aromatic amines is 1. The first-order chi connectivity index (χ1) is 11.4. The number of rotatable bonds is 5. The number of nitrogens with zero attached hydrogens (tertiary/aromatic N) is 4. The van der Waals surface area contributed by atoms with E-state index in [0.717, 1.165) is 4.96 Å². The van der Waals surface area contributed by atoms with Crippen LogP contribution in [0.1, 0.15) is 48.7 Å². The third-order valence-corrected chi connectivity index (χ3v) is 4.15. The van der Waals surface area contributed by atoms with E-state index in [2.05, 4.69) is 25.4 Å². The van der Waals surface area contributed by atoms with Crippen molar-refractivity contribution < 1.29 is 4.79 Å². The Hall–Kier alpha value is -2.55. The number of nitrogens with one attached hydrogen (secondary N) is 2. The molecule has 0 saturated heterocycles. The van der Waals surface area contributed by atoms with Gasteiger partial charge < -0.3 is 10.3 Å². The van der Waals surface area contributed by atoms with Crippen molar-refractivity contribution >= 4 is 22.2 Å². The molecule has 126 valence electrons. The third-order valence-electron chi connectivity index (χ3n) is 3.46. The maximum absolute atomic E-state index is 12.4. The lowest BCUT2D eigenvalue weighted by Crippen LogP contribution is -2.30. The van der Waals surface area contributed by atoms with Crippen LogP contribution < -0.4 is 11.0 Å². The highest BCUT2D eigenvalue weighted by atomic mass is 32.1. The summed E-state index contributed by atoms with van der Waals surface area (Å²) in [6.45, 7) is 5.91. The molecule has 1 amide bonds. The van der Waals surface area contributed by atoms with Gasteiger partial charge in [-0.2, -0.15) is 10.1 Å². The zero-order chi connectivity index (χ0) is 17.3. The zero-order valence-corrected chi connectivity index (χ0v) is 14.4. The Balaban J connectivity index is 1.77. The molecule has 24 heavy (non-hydrogen) atoms. The molecule has 0 fully saturated rings. The van der Waals surface area contributed by atoms with Gasteiger partial charge in [0.15, 0.2) is 0 Å². The first-order valence-corrected chi connectivity index (χ1v) is 8.50. The predicted octanol–water partition coefficient (Wildman–Crippen LogP) is 1.56. The zero-order valence-electron chi connectivity index (χ0n) is 13.6. The molecule has 1 atom stereocenters. The molecule has 3 heterocycles. The second-order valence-electron chi connectivity index (χ2n) is 6.02. The molecular weight excluding hydrogens is 328 g/mol. The minimum absolute atomic E-state index is 0.111. The van der Waals surface area contributed by atoms with Gasteiger partial charge in [0.1, 0.15) is 11.2 Å². The van der Waals surface area contributed by atoms with Gasteiger partial charge in [0.2, 0.25) is 4.96 Å². The van der Waals surface area contributed by atoms with Crippen molar-refractivity contribution in [3.63, 3.8) is 0 Å². The number of carbonyl (C=O) groups is 1. The van der Waals surface area contributed by atoms with Crippen molar-refractivity contribution in [2.75, 3.05) is 0 Å². The molecule has 0 aliphatic heterocycles. The number of fused-ring (bicyclic) bond motifs is 1. The van der Waals surface area contributed by atoms with E-state index in [9.17, 15) is 9.59 Å². The molecule has 0 aliphatic carbocycles. The fourth-order valence-corrected chi connectivity index (χ4v) is 2.99. The van der Waals surface area contributed by atoms with Crippen LogP contribution in [-0.2, 0) is 6.42 Å². The van der Waals surface area contributed by atoms with Crippen LogP contribution in [0, 0.1) is 5.92 Å². The van der Waals surface area contributed by atoms with Crippen LogP contribution in [0.3, 0.4) is 0 Å². The molecule has 3 aromatic rings. The number of imidazole rings is 1. The maximum Gasteiger partial charge on any atom is 0.345 e. The van der Waals surface area contributed by atoms with Crippen LogP contribution in [0.2, 0.25) is 0 Å². The highest BCUT2D eigenvalue weighted by Gasteiger charge is 2.17. The van der Waals surface area contributed by atoms with Crippen LogP contribution in [0.5, 0.6) is 0 Å². The molecule has 8 nitrogen and oxygen atoms in total. The van der Waals surface area contributed by atoms with Gasteiger partial charge in [-0.15, -0.1) is 0 Å². The number of amides is 1. The Morgan fingerprint density at radius 3 is 2.88 bits per heavy atom. The summed E-state index contributed by atoms with van der Waals surface area (Å²) >= 11 is 1.42. The van der Waals surface area contributed by atoms with E-state index in [1.165, 1.54) is 11.3 Å². The van der Waals surface area contributed by atoms with E-state index >= 15 is 0 Å². The van der Waals surface area contributed by atoms with Crippen molar-refractivity contribution in [2.24, 2.45) is 5.92 Å². The Morgan fingerprint density at radius 1 is 1.38 bits per heavy atom. The molecule has 0 radical (unpaired) electrons. The van der Waals surface area contributed by atoms with Gasteiger partial charge in [-0.25, -0.2) is 14.3 Å². The fourth-order valence-electron chi connectivity index (χ4n) is 2.38. The van der Waals surface area contributed by atoms with Crippen LogP contribution in [0.15, 0.2) is 22.6 Å². The summed E-state index contributed by atoms with van der Waals surface area (Å²) in [6.07, 6.45) is 2.45. The molecule has 9 heteroatoms. The van der Waals surface area contributed by atoms with Crippen LogP contribution in [0.4, 0.5) is 0 Å². The Kier molecular flexibility index (Phi) is 4.43. The molecular formula is C15H18N6O2S. The minimum atomic E-state index is -0.516. The number of aromatic nitrogens is 5. The topological polar surface area (TPSA) is 105 Å². The average molecular weight is 346 g/mol. The van der Waals surface area contributed by atoms with Crippen molar-refractivity contribution in [3.8, 4) is 0 Å². The highest BCUT2D eigenvalue weighted by molar-refractivity contribution is 7.14. The lowest BCUT2D eigenvalue weighted by Gasteiger charge is -2.11. The van der Waals surface area contributed by atoms with Gasteiger partial charge >= 0.3 is 5.69 Å². The summed E-state index contributed by atoms with van der Waals surface area (Å²) in [4.78, 5) is 35.7. The van der Waals surface area contributed by atoms with Crippen LogP contribution >= 0.6 is 11.3 Å². The Bertz CT molecular complexity index is 897. The van der Waals surface area contributed by atoms with E-state index in [4.69, 9.17) is 0 Å². The summed E-state index contributed by atoms with van der Waals surface area (Å²) in [5, 5.41) is 6.93. The van der Waals surface area contributed by atoms with Crippen molar-refractivity contribution in [1.29, 1.82) is 0 Å². The fraction of sp³-hybridized carbons (Fsp3) is 0.400. The van der Waals surface area contributed by atoms with Gasteiger partial charge in [-0.3, -0.25) is 4.79 Å². The number of H-pyrrole nitrogens is 1. The van der Waals surface area contributed by atoms with E-state index in [1.807, 2.05) is 20.8 Å². The maximum atomic E-state index is 12.4. The normalized spacial score (nSPS) is 12.7. The van der Waals surface area contributed by atoms with E-state index in [1.54, 1.807) is 22.3 Å². The number of carbonyl (C=O) groups excluding carboxylic acids is 1. The molecule has 3 rings (SSSR count). The first kappa shape index (κ1) is 16.3. The molecule has 0 saturated carbocycles. The average Bonchev–Trinajstić information content (AvgIpc) is 3.06. The largest absolute Gasteiger partial charge is 0.345 e. The van der Waals surface area contributed by atoms with Gasteiger partial charge in [0.25, 0.3) is 5.91 Å². The monoisotopic (exact) mass is 346 g/mol. The summed E-state index contributed by atoms with van der Waals surface area (Å²) < 4.78 is 1.66. The lowest BCUT2D eigenvalue weighted by atomic mass is 10.1. The Labute approximate surface area is 142 Å². The van der Waals surface area contributed by atoms with Gasteiger partial charge in [0, 0.05) is 5.69 Å². The summed E-state index contributed by atoms with van der Waals surface area (Å²) in [5.41, 5.74) is 2.70. The molecule has 0 aromatic carbocycles. The Morgan fingerprint density at radius 2 is 2.17 bits per heavy atom. The van der Waals surface area contributed by atoms with E-state index in [-0.39, 0.29) is 11.7 Å². The number of hydrogen-bond acceptors (Lipinski definition) is 6. The summed E-state index contributed by atoms with van der Waals surface area (Å²) in [5.74, 6) is -0.0354. The second kappa shape index (κ2) is 6.52. The lowest BCUT2D eigenvalue weighted by molar-refractivity contribution is 0.0933. The quantitative estimate of drug-likeness (QED) is 0.729. The SMILES string of the molecule is CC(C)Cc1cc(C(=O)N[C@H](C)c2cn3ncsc3n2)nc(=O)[nH]1. The van der Waals surface area contributed by atoms with Gasteiger partial charge in [-0.05, 0) is 25.3 Å². The third kappa shape index (κ3) is 3.51. The van der Waals surface area contributed by atoms with Crippen LogP contribution in [0.25, 0.3) is 4.96 Å². The van der Waals surface area contributed by atoms with Gasteiger partial charge in [-0.1, -0.05) is 25.2 Å². The van der Waals surface area contributed by atoms with Crippen molar-refractivity contribution in [3.05, 3.63) is 45.3 Å². The number of hydrogen-bond donors (Lipinski definition) is 2. The molecule has 3 aromatic heterocycles. The molecule has 0 unspecified atom stereocenters. The highest BCUT2D eigenvalue weighted by Crippen LogP contribution is 2.15. The van der Waals surface area contributed by atoms with E-state index < -0.39 is 11.6 Å². The van der Waals surface area contributed by atoms with Crippen LogP contribution in [-0.4, -0.2) is 30.5 Å². The standard InChI is InChI=1S/C15H18N6O2S/c1-8(2)4-10-5-11(19-14(23)18-10)13(22)17-9(3)12-6-21-15(20-12)24-7-16-21/h5-9H,4H2,1-3H3,(H,17,22)(H,18,19,23)/t9-/m1/s1.